The summed E-state index contributed by atoms with van der Waals surface area (Å²) in [6, 6.07) is 13.8. The molecule has 12 heteroatoms. The van der Waals surface area contributed by atoms with Gasteiger partial charge in [-0.1, -0.05) is 41.4 Å². The number of pyridine rings is 1. The number of para-hydroxylation sites is 1. The van der Waals surface area contributed by atoms with E-state index in [0.717, 1.165) is 4.57 Å². The fourth-order valence-corrected chi connectivity index (χ4v) is 3.98. The topological polar surface area (TPSA) is 88.9 Å². The van der Waals surface area contributed by atoms with Crippen molar-refractivity contribution >= 4 is 51.7 Å². The minimum atomic E-state index is -4.85. The van der Waals surface area contributed by atoms with E-state index in [-0.39, 0.29) is 38.9 Å². The maximum absolute atomic E-state index is 13.8. The molecule has 0 aliphatic carbocycles. The Morgan fingerprint density at radius 1 is 0.971 bits per heavy atom. The van der Waals surface area contributed by atoms with Gasteiger partial charge in [0.05, 0.1) is 39.1 Å². The quantitative estimate of drug-likeness (QED) is 0.359. The number of hydrogen-bond acceptors (Lipinski definition) is 4. The van der Waals surface area contributed by atoms with E-state index in [1.165, 1.54) is 36.5 Å². The number of halogens is 5. The number of rotatable bonds is 6. The smallest absolute Gasteiger partial charge is 0.349 e. The second kappa shape index (κ2) is 9.93. The van der Waals surface area contributed by atoms with Crippen LogP contribution < -0.4 is 10.6 Å². The van der Waals surface area contributed by atoms with Crippen LogP contribution in [0.2, 0.25) is 10.0 Å². The standard InChI is InChI=1S/C23H16Cl2F3N5O2/c24-14-6-3-7-15(25)19(14)21(35)31-16-8-4-9-17-20(16)32-22(23(26,27)28)33(17)12-18(34)30-11-13-5-1-2-10-29-13/h1-10H,11-12H2,(H,30,34)(H,31,35). The Labute approximate surface area is 206 Å². The Kier molecular flexibility index (Phi) is 6.95. The first-order valence-corrected chi connectivity index (χ1v) is 10.9. The first-order valence-electron chi connectivity index (χ1n) is 10.1. The van der Waals surface area contributed by atoms with Gasteiger partial charge >= 0.3 is 6.18 Å². The molecule has 0 aliphatic rings. The third kappa shape index (κ3) is 5.39. The number of amides is 2. The van der Waals surface area contributed by atoms with Gasteiger partial charge in [0, 0.05) is 6.20 Å². The van der Waals surface area contributed by atoms with Crippen molar-refractivity contribution in [3.63, 3.8) is 0 Å². The van der Waals surface area contributed by atoms with Crippen LogP contribution in [-0.2, 0) is 24.1 Å². The number of nitrogens with zero attached hydrogens (tertiary/aromatic N) is 3. The lowest BCUT2D eigenvalue weighted by molar-refractivity contribution is -0.147. The van der Waals surface area contributed by atoms with E-state index in [9.17, 15) is 22.8 Å². The Morgan fingerprint density at radius 2 is 1.69 bits per heavy atom. The normalized spacial score (nSPS) is 11.5. The highest BCUT2D eigenvalue weighted by Crippen LogP contribution is 2.34. The predicted octanol–water partition coefficient (Wildman–Crippen LogP) is 5.33. The van der Waals surface area contributed by atoms with Crippen LogP contribution in [-0.4, -0.2) is 26.3 Å². The number of benzene rings is 2. The number of nitrogens with one attached hydrogen (secondary N) is 2. The van der Waals surface area contributed by atoms with Gasteiger partial charge in [-0.25, -0.2) is 4.98 Å². The van der Waals surface area contributed by atoms with E-state index >= 15 is 0 Å². The number of anilines is 1. The zero-order valence-electron chi connectivity index (χ0n) is 17.7. The summed E-state index contributed by atoms with van der Waals surface area (Å²) < 4.78 is 42.2. The molecule has 7 nitrogen and oxygen atoms in total. The number of imidazole rings is 1. The van der Waals surface area contributed by atoms with Crippen molar-refractivity contribution in [1.29, 1.82) is 0 Å². The van der Waals surface area contributed by atoms with Crippen LogP contribution in [0.5, 0.6) is 0 Å². The third-order valence-corrected chi connectivity index (χ3v) is 5.59. The monoisotopic (exact) mass is 521 g/mol. The largest absolute Gasteiger partial charge is 0.449 e. The molecule has 2 amide bonds. The number of hydrogen-bond donors (Lipinski definition) is 2. The number of fused-ring (bicyclic) bond motifs is 1. The van der Waals surface area contributed by atoms with Gasteiger partial charge in [0.1, 0.15) is 12.1 Å². The van der Waals surface area contributed by atoms with Gasteiger partial charge in [0.25, 0.3) is 5.91 Å². The van der Waals surface area contributed by atoms with Gasteiger partial charge in [0.15, 0.2) is 0 Å². The highest BCUT2D eigenvalue weighted by Gasteiger charge is 2.38. The average Bonchev–Trinajstić information content (AvgIpc) is 3.18. The van der Waals surface area contributed by atoms with Crippen molar-refractivity contribution in [1.82, 2.24) is 19.9 Å². The van der Waals surface area contributed by atoms with Gasteiger partial charge in [-0.15, -0.1) is 0 Å². The summed E-state index contributed by atoms with van der Waals surface area (Å²) in [4.78, 5) is 33.0. The third-order valence-electron chi connectivity index (χ3n) is 4.97. The molecule has 2 aromatic carbocycles. The molecule has 0 bridgehead atoms. The van der Waals surface area contributed by atoms with E-state index in [2.05, 4.69) is 20.6 Å². The zero-order valence-corrected chi connectivity index (χ0v) is 19.2. The molecule has 0 fully saturated rings. The number of aromatic nitrogens is 3. The lowest BCUT2D eigenvalue weighted by Crippen LogP contribution is -2.29. The van der Waals surface area contributed by atoms with Gasteiger partial charge in [-0.2, -0.15) is 13.2 Å². The van der Waals surface area contributed by atoms with Crippen LogP contribution in [0, 0.1) is 0 Å². The second-order valence-electron chi connectivity index (χ2n) is 7.34. The van der Waals surface area contributed by atoms with E-state index in [4.69, 9.17) is 23.2 Å². The van der Waals surface area contributed by atoms with E-state index < -0.39 is 30.4 Å². The predicted molar refractivity (Wildman–Crippen MR) is 125 cm³/mol. The number of carbonyl (C=O) groups excluding carboxylic acids is 2. The lowest BCUT2D eigenvalue weighted by Gasteiger charge is -2.12. The van der Waals surface area contributed by atoms with Gasteiger partial charge in [-0.05, 0) is 36.4 Å². The zero-order chi connectivity index (χ0) is 25.2. The van der Waals surface area contributed by atoms with Crippen molar-refractivity contribution in [2.45, 2.75) is 19.3 Å². The molecule has 2 heterocycles. The molecule has 180 valence electrons. The molecule has 4 aromatic rings. The fraction of sp³-hybridized carbons (Fsp3) is 0.130. The summed E-state index contributed by atoms with van der Waals surface area (Å²) in [5.41, 5.74) is 0.386. The first kappa shape index (κ1) is 24.5. The van der Waals surface area contributed by atoms with Gasteiger partial charge in [-0.3, -0.25) is 14.6 Å². The van der Waals surface area contributed by atoms with E-state index in [0.29, 0.717) is 5.69 Å². The van der Waals surface area contributed by atoms with Crippen LogP contribution >= 0.6 is 23.2 Å². The molecule has 0 unspecified atom stereocenters. The minimum absolute atomic E-state index is 0.00151. The molecule has 35 heavy (non-hydrogen) atoms. The van der Waals surface area contributed by atoms with Crippen LogP contribution in [0.4, 0.5) is 18.9 Å². The molecule has 0 atom stereocenters. The molecule has 2 aromatic heterocycles. The van der Waals surface area contributed by atoms with E-state index in [1.807, 2.05) is 0 Å². The Morgan fingerprint density at radius 3 is 2.34 bits per heavy atom. The van der Waals surface area contributed by atoms with Gasteiger partial charge in [0.2, 0.25) is 11.7 Å². The first-order chi connectivity index (χ1) is 16.6. The number of carbonyl (C=O) groups is 2. The summed E-state index contributed by atoms with van der Waals surface area (Å²) in [6.07, 6.45) is -3.31. The summed E-state index contributed by atoms with van der Waals surface area (Å²) in [6.45, 7) is -0.598. The molecule has 0 saturated carbocycles. The maximum atomic E-state index is 13.8. The Bertz CT molecular complexity index is 1390. The fourth-order valence-electron chi connectivity index (χ4n) is 3.42. The van der Waals surface area contributed by atoms with Crippen LogP contribution in [0.3, 0.4) is 0 Å². The average molecular weight is 522 g/mol. The summed E-state index contributed by atoms with van der Waals surface area (Å²) in [5.74, 6) is -2.67. The lowest BCUT2D eigenvalue weighted by atomic mass is 10.2. The summed E-state index contributed by atoms with van der Waals surface area (Å²) in [7, 11) is 0. The minimum Gasteiger partial charge on any atom is -0.349 e. The molecule has 2 N–H and O–H groups in total. The molecular weight excluding hydrogens is 506 g/mol. The SMILES string of the molecule is O=C(Cn1c(C(F)(F)F)nc2c(NC(=O)c3c(Cl)cccc3Cl)cccc21)NCc1ccccn1. The highest BCUT2D eigenvalue weighted by molar-refractivity contribution is 6.40. The molecule has 0 spiro atoms. The summed E-state index contributed by atoms with van der Waals surface area (Å²) >= 11 is 12.1. The highest BCUT2D eigenvalue weighted by atomic mass is 35.5. The maximum Gasteiger partial charge on any atom is 0.449 e. The van der Waals surface area contributed by atoms with Crippen molar-refractivity contribution < 1.29 is 22.8 Å². The number of alkyl halides is 3. The molecular formula is C23H16Cl2F3N5O2. The Balaban J connectivity index is 1.66. The van der Waals surface area contributed by atoms with Crippen LogP contribution in [0.25, 0.3) is 11.0 Å². The van der Waals surface area contributed by atoms with Crippen LogP contribution in [0.1, 0.15) is 21.9 Å². The van der Waals surface area contributed by atoms with Crippen LogP contribution in [0.15, 0.2) is 60.8 Å². The van der Waals surface area contributed by atoms with Crippen molar-refractivity contribution in [3.8, 4) is 0 Å². The molecule has 0 aliphatic heterocycles. The van der Waals surface area contributed by atoms with Crippen molar-refractivity contribution in [2.75, 3.05) is 5.32 Å². The summed E-state index contributed by atoms with van der Waals surface area (Å²) in [5, 5.41) is 5.21. The molecule has 4 rings (SSSR count). The van der Waals surface area contributed by atoms with Crippen molar-refractivity contribution in [3.05, 3.63) is 87.9 Å². The molecule has 0 saturated heterocycles. The molecule has 0 radical (unpaired) electrons. The van der Waals surface area contributed by atoms with Crippen molar-refractivity contribution in [2.24, 2.45) is 0 Å². The van der Waals surface area contributed by atoms with E-state index in [1.54, 1.807) is 24.3 Å². The van der Waals surface area contributed by atoms with Gasteiger partial charge < -0.3 is 15.2 Å². The Hall–Kier alpha value is -3.63. The second-order valence-corrected chi connectivity index (χ2v) is 8.16.